The first-order chi connectivity index (χ1) is 13.4. The van der Waals surface area contributed by atoms with E-state index in [0.717, 1.165) is 22.8 Å². The van der Waals surface area contributed by atoms with Crippen LogP contribution in [0.3, 0.4) is 0 Å². The molecule has 0 radical (unpaired) electrons. The van der Waals surface area contributed by atoms with E-state index >= 15 is 0 Å². The first kappa shape index (κ1) is 17.3. The highest BCUT2D eigenvalue weighted by Crippen LogP contribution is 2.30. The smallest absolute Gasteiger partial charge is 0.353 e. The van der Waals surface area contributed by atoms with Crippen molar-refractivity contribution in [3.63, 3.8) is 0 Å². The fourth-order valence-corrected chi connectivity index (χ4v) is 2.99. The minimum Gasteiger partial charge on any atom is -0.378 e. The molecule has 0 saturated heterocycles. The summed E-state index contributed by atoms with van der Waals surface area (Å²) >= 11 is 0. The molecule has 3 N–H and O–H groups in total. The maximum Gasteiger partial charge on any atom is 0.353 e. The highest BCUT2D eigenvalue weighted by atomic mass is 16.6. The Morgan fingerprint density at radius 3 is 2.75 bits per heavy atom. The Kier molecular flexibility index (Phi) is 4.07. The van der Waals surface area contributed by atoms with E-state index in [9.17, 15) is 10.1 Å². The normalized spacial score (nSPS) is 10.9. The van der Waals surface area contributed by atoms with Gasteiger partial charge in [0.1, 0.15) is 12.1 Å². The number of nitrogens with zero attached hydrogens (tertiary/aromatic N) is 6. The lowest BCUT2D eigenvalue weighted by molar-refractivity contribution is -0.383. The molecule has 28 heavy (non-hydrogen) atoms. The Balaban J connectivity index is 1.83. The van der Waals surface area contributed by atoms with Gasteiger partial charge in [-0.1, -0.05) is 18.2 Å². The molecule has 0 saturated carbocycles. The van der Waals surface area contributed by atoms with Gasteiger partial charge in [0.15, 0.2) is 5.82 Å². The molecule has 10 nitrogen and oxygen atoms in total. The second-order valence-electron chi connectivity index (χ2n) is 6.24. The molecule has 4 rings (SSSR count). The third-order valence-corrected chi connectivity index (χ3v) is 4.24. The number of aryl methyl sites for hydroxylation is 2. The van der Waals surface area contributed by atoms with Gasteiger partial charge in [-0.05, 0) is 31.5 Å². The Morgan fingerprint density at radius 2 is 1.96 bits per heavy atom. The second kappa shape index (κ2) is 6.58. The number of rotatable bonds is 4. The molecule has 0 unspecified atom stereocenters. The van der Waals surface area contributed by atoms with Crippen LogP contribution in [0.1, 0.15) is 11.3 Å². The Labute approximate surface area is 159 Å². The van der Waals surface area contributed by atoms with Crippen molar-refractivity contribution in [1.82, 2.24) is 24.7 Å². The van der Waals surface area contributed by atoms with Crippen molar-refractivity contribution in [2.75, 3.05) is 11.1 Å². The lowest BCUT2D eigenvalue weighted by Gasteiger charge is -2.11. The molecule has 0 bridgehead atoms. The van der Waals surface area contributed by atoms with Gasteiger partial charge in [-0.25, -0.2) is 15.0 Å². The molecule has 0 aliphatic heterocycles. The summed E-state index contributed by atoms with van der Waals surface area (Å²) in [6.45, 7) is 3.81. The summed E-state index contributed by atoms with van der Waals surface area (Å²) in [6.07, 6.45) is 1.16. The Bertz CT molecular complexity index is 1220. The number of nitrogens with two attached hydrogens (primary N) is 1. The molecule has 0 atom stereocenters. The van der Waals surface area contributed by atoms with Crippen molar-refractivity contribution in [1.29, 1.82) is 0 Å². The minimum atomic E-state index is -0.621. The monoisotopic (exact) mass is 376 g/mol. The molecule has 0 aliphatic carbocycles. The molecule has 3 heterocycles. The van der Waals surface area contributed by atoms with E-state index in [1.807, 2.05) is 44.2 Å². The highest BCUT2D eigenvalue weighted by molar-refractivity contribution is 5.83. The molecule has 140 valence electrons. The highest BCUT2D eigenvalue weighted by Gasteiger charge is 2.22. The van der Waals surface area contributed by atoms with Crippen molar-refractivity contribution < 1.29 is 4.92 Å². The maximum atomic E-state index is 11.4. The number of nitrogens with one attached hydrogen (secondary N) is 1. The topological polar surface area (TPSA) is 138 Å². The van der Waals surface area contributed by atoms with Gasteiger partial charge in [-0.15, -0.1) is 0 Å². The van der Waals surface area contributed by atoms with Crippen LogP contribution in [-0.2, 0) is 0 Å². The van der Waals surface area contributed by atoms with E-state index in [0.29, 0.717) is 17.3 Å². The summed E-state index contributed by atoms with van der Waals surface area (Å²) in [4.78, 5) is 23.0. The van der Waals surface area contributed by atoms with Gasteiger partial charge in [0.25, 0.3) is 0 Å². The summed E-state index contributed by atoms with van der Waals surface area (Å²) in [6, 6.07) is 11.4. The van der Waals surface area contributed by atoms with Gasteiger partial charge < -0.3 is 11.1 Å². The van der Waals surface area contributed by atoms with Crippen LogP contribution < -0.4 is 11.1 Å². The zero-order valence-electron chi connectivity index (χ0n) is 15.1. The van der Waals surface area contributed by atoms with E-state index < -0.39 is 10.6 Å². The molecule has 3 aromatic heterocycles. The minimum absolute atomic E-state index is 0.0174. The van der Waals surface area contributed by atoms with Crippen LogP contribution in [0.25, 0.3) is 16.7 Å². The molecule has 4 aromatic rings. The molecule has 0 fully saturated rings. The molecule has 0 aliphatic rings. The van der Waals surface area contributed by atoms with Gasteiger partial charge in [0, 0.05) is 11.5 Å². The van der Waals surface area contributed by atoms with Crippen LogP contribution in [0.5, 0.6) is 0 Å². The number of hydrogen-bond donors (Lipinski definition) is 2. The summed E-state index contributed by atoms with van der Waals surface area (Å²) in [5, 5.41) is 19.8. The Morgan fingerprint density at radius 1 is 1.18 bits per heavy atom. The van der Waals surface area contributed by atoms with Crippen LogP contribution in [0.15, 0.2) is 42.7 Å². The number of fused-ring (bicyclic) bond motifs is 1. The second-order valence-corrected chi connectivity index (χ2v) is 6.24. The SMILES string of the molecule is Cc1cc(Nc2ncnc(N)c2[N+](=O)[O-])n(-c2cc(C)c3ccccc3n2)n1. The van der Waals surface area contributed by atoms with Gasteiger partial charge in [-0.2, -0.15) is 9.78 Å². The largest absolute Gasteiger partial charge is 0.378 e. The number of nitrogen functional groups attached to an aromatic ring is 1. The first-order valence-electron chi connectivity index (χ1n) is 8.39. The first-order valence-corrected chi connectivity index (χ1v) is 8.39. The van der Waals surface area contributed by atoms with Crippen LogP contribution in [0.2, 0.25) is 0 Å². The Hall–Kier alpha value is -4.08. The average Bonchev–Trinajstić information content (AvgIpc) is 3.01. The number of aromatic nitrogens is 5. The molecular weight excluding hydrogens is 360 g/mol. The van der Waals surface area contributed by atoms with Crippen molar-refractivity contribution in [2.45, 2.75) is 13.8 Å². The fraction of sp³-hybridized carbons (Fsp3) is 0.111. The van der Waals surface area contributed by atoms with Crippen LogP contribution >= 0.6 is 0 Å². The van der Waals surface area contributed by atoms with Crippen LogP contribution in [-0.4, -0.2) is 29.7 Å². The summed E-state index contributed by atoms with van der Waals surface area (Å²) in [5.41, 5.74) is 7.83. The van der Waals surface area contributed by atoms with Gasteiger partial charge in [0.2, 0.25) is 11.6 Å². The number of nitro groups is 1. The van der Waals surface area contributed by atoms with E-state index in [4.69, 9.17) is 5.73 Å². The van der Waals surface area contributed by atoms with Crippen molar-refractivity contribution in [3.8, 4) is 5.82 Å². The number of benzene rings is 1. The lowest BCUT2D eigenvalue weighted by Crippen LogP contribution is -2.09. The van der Waals surface area contributed by atoms with Crippen molar-refractivity contribution in [2.24, 2.45) is 0 Å². The predicted molar refractivity (Wildman–Crippen MR) is 105 cm³/mol. The standard InChI is InChI=1S/C18H16N8O2/c1-10-7-14(22-13-6-4-3-5-12(10)13)25-15(8-11(2)24-25)23-18-16(26(27)28)17(19)20-9-21-18/h3-9H,1-2H3,(H3,19,20,21,23). The zero-order chi connectivity index (χ0) is 19.8. The van der Waals surface area contributed by atoms with Crippen LogP contribution in [0.4, 0.5) is 23.1 Å². The third kappa shape index (κ3) is 2.96. The number of para-hydroxylation sites is 1. The number of hydrogen-bond acceptors (Lipinski definition) is 8. The van der Waals surface area contributed by atoms with E-state index in [-0.39, 0.29) is 11.6 Å². The lowest BCUT2D eigenvalue weighted by atomic mass is 10.1. The molecule has 0 amide bonds. The quantitative estimate of drug-likeness (QED) is 0.409. The van der Waals surface area contributed by atoms with Gasteiger partial charge >= 0.3 is 5.69 Å². The molecule has 0 spiro atoms. The maximum absolute atomic E-state index is 11.4. The summed E-state index contributed by atoms with van der Waals surface area (Å²) < 4.78 is 1.58. The molecule has 1 aromatic carbocycles. The van der Waals surface area contributed by atoms with Gasteiger partial charge in [0.05, 0.1) is 16.1 Å². The predicted octanol–water partition coefficient (Wildman–Crippen LogP) is 3.06. The average molecular weight is 376 g/mol. The van der Waals surface area contributed by atoms with E-state index in [1.165, 1.54) is 0 Å². The van der Waals surface area contributed by atoms with E-state index in [1.54, 1.807) is 10.7 Å². The summed E-state index contributed by atoms with van der Waals surface area (Å²) in [7, 11) is 0. The molecular formula is C18H16N8O2. The summed E-state index contributed by atoms with van der Waals surface area (Å²) in [5.74, 6) is 0.818. The zero-order valence-corrected chi connectivity index (χ0v) is 15.1. The third-order valence-electron chi connectivity index (χ3n) is 4.24. The van der Waals surface area contributed by atoms with E-state index in [2.05, 4.69) is 25.4 Å². The van der Waals surface area contributed by atoms with Crippen LogP contribution in [0, 0.1) is 24.0 Å². The molecule has 10 heteroatoms. The fourth-order valence-electron chi connectivity index (χ4n) is 2.99. The van der Waals surface area contributed by atoms with Crippen molar-refractivity contribution in [3.05, 3.63) is 64.1 Å². The number of anilines is 3. The van der Waals surface area contributed by atoms with Crippen molar-refractivity contribution >= 4 is 34.0 Å². The number of pyridine rings is 1. The van der Waals surface area contributed by atoms with Gasteiger partial charge in [-0.3, -0.25) is 10.1 Å².